The Hall–Kier alpha value is -1.39. The molecule has 0 aromatic heterocycles. The molecular weight excluding hydrogens is 217 g/mol. The summed E-state index contributed by atoms with van der Waals surface area (Å²) in [5, 5.41) is 0. The Morgan fingerprint density at radius 1 is 1.25 bits per heavy atom. The third kappa shape index (κ3) is 2.08. The van der Waals surface area contributed by atoms with Crippen molar-refractivity contribution in [2.75, 3.05) is 23.7 Å². The van der Waals surface area contributed by atoms with E-state index in [1.807, 2.05) is 0 Å². The normalized spacial score (nSPS) is 21.4. The van der Waals surface area contributed by atoms with E-state index in [1.165, 1.54) is 0 Å². The van der Waals surface area contributed by atoms with Crippen LogP contribution in [0.1, 0.15) is 6.42 Å². The average Bonchev–Trinajstić information content (AvgIpc) is 2.66. The summed E-state index contributed by atoms with van der Waals surface area (Å²) in [4.78, 5) is 1.70. The zero-order valence-electron chi connectivity index (χ0n) is 8.67. The smallest absolute Gasteiger partial charge is 0.393 e. The van der Waals surface area contributed by atoms with Gasteiger partial charge in [0.05, 0.1) is 17.3 Å². The summed E-state index contributed by atoms with van der Waals surface area (Å²) in [6.45, 7) is 0.427. The number of halogens is 3. The molecule has 1 saturated heterocycles. The molecule has 1 atom stereocenters. The molecule has 0 aliphatic carbocycles. The highest BCUT2D eigenvalue weighted by molar-refractivity contribution is 5.67. The van der Waals surface area contributed by atoms with Gasteiger partial charge in [0.2, 0.25) is 0 Å². The van der Waals surface area contributed by atoms with Crippen molar-refractivity contribution in [2.24, 2.45) is 5.92 Å². The van der Waals surface area contributed by atoms with Gasteiger partial charge in [-0.3, -0.25) is 0 Å². The molecule has 1 aromatic carbocycles. The first-order chi connectivity index (χ1) is 7.48. The van der Waals surface area contributed by atoms with Gasteiger partial charge in [-0.1, -0.05) is 12.1 Å². The van der Waals surface area contributed by atoms with Crippen LogP contribution in [0.4, 0.5) is 24.5 Å². The highest BCUT2D eigenvalue weighted by atomic mass is 19.4. The fourth-order valence-electron chi connectivity index (χ4n) is 2.02. The highest BCUT2D eigenvalue weighted by Crippen LogP contribution is 2.36. The van der Waals surface area contributed by atoms with Crippen LogP contribution in [-0.4, -0.2) is 19.3 Å². The maximum absolute atomic E-state index is 12.5. The van der Waals surface area contributed by atoms with Crippen molar-refractivity contribution >= 4 is 11.4 Å². The lowest BCUT2D eigenvalue weighted by molar-refractivity contribution is -0.168. The second kappa shape index (κ2) is 3.88. The summed E-state index contributed by atoms with van der Waals surface area (Å²) in [5.41, 5.74) is 6.97. The number of alkyl halides is 3. The lowest BCUT2D eigenvalue weighted by Crippen LogP contribution is -2.27. The minimum atomic E-state index is -4.10. The van der Waals surface area contributed by atoms with Gasteiger partial charge in [-0.25, -0.2) is 0 Å². The third-order valence-corrected chi connectivity index (χ3v) is 2.93. The van der Waals surface area contributed by atoms with E-state index in [0.717, 1.165) is 0 Å². The lowest BCUT2D eigenvalue weighted by Gasteiger charge is -2.21. The minimum Gasteiger partial charge on any atom is -0.397 e. The van der Waals surface area contributed by atoms with Gasteiger partial charge in [0, 0.05) is 13.1 Å². The Bertz CT molecular complexity index is 376. The topological polar surface area (TPSA) is 29.3 Å². The molecule has 0 saturated carbocycles. The highest BCUT2D eigenvalue weighted by Gasteiger charge is 2.43. The summed E-state index contributed by atoms with van der Waals surface area (Å²) in [6, 6.07) is 7.02. The number of hydrogen-bond donors (Lipinski definition) is 1. The lowest BCUT2D eigenvalue weighted by atomic mass is 10.1. The molecule has 0 amide bonds. The fourth-order valence-corrected chi connectivity index (χ4v) is 2.02. The van der Waals surface area contributed by atoms with Crippen molar-refractivity contribution in [3.05, 3.63) is 24.3 Å². The summed E-state index contributed by atoms with van der Waals surface area (Å²) in [5.74, 6) is -1.23. The van der Waals surface area contributed by atoms with Crippen molar-refractivity contribution in [2.45, 2.75) is 12.6 Å². The first kappa shape index (κ1) is 11.1. The van der Waals surface area contributed by atoms with Gasteiger partial charge in [0.25, 0.3) is 0 Å². The van der Waals surface area contributed by atoms with Crippen LogP contribution in [0.15, 0.2) is 24.3 Å². The predicted octanol–water partition coefficient (Wildman–Crippen LogP) is 2.66. The molecular formula is C11H13F3N2. The van der Waals surface area contributed by atoms with Gasteiger partial charge in [-0.05, 0) is 18.6 Å². The standard InChI is InChI=1S/C11H13F3N2/c12-11(13,14)8-5-6-16(7-8)10-4-2-1-3-9(10)15/h1-4,8H,5-7,15H2. The van der Waals surface area contributed by atoms with E-state index in [9.17, 15) is 13.2 Å². The van der Waals surface area contributed by atoms with Crippen LogP contribution in [0.5, 0.6) is 0 Å². The summed E-state index contributed by atoms with van der Waals surface area (Å²) in [7, 11) is 0. The van der Waals surface area contributed by atoms with Crippen molar-refractivity contribution < 1.29 is 13.2 Å². The Morgan fingerprint density at radius 3 is 2.50 bits per heavy atom. The first-order valence-electron chi connectivity index (χ1n) is 5.14. The van der Waals surface area contributed by atoms with Crippen molar-refractivity contribution in [1.82, 2.24) is 0 Å². The van der Waals surface area contributed by atoms with Gasteiger partial charge in [-0.2, -0.15) is 13.2 Å². The molecule has 1 fully saturated rings. The molecule has 5 heteroatoms. The molecule has 0 radical (unpaired) electrons. The Balaban J connectivity index is 2.13. The monoisotopic (exact) mass is 230 g/mol. The van der Waals surface area contributed by atoms with Crippen LogP contribution in [0.25, 0.3) is 0 Å². The van der Waals surface area contributed by atoms with Gasteiger partial charge < -0.3 is 10.6 Å². The summed E-state index contributed by atoms with van der Waals surface area (Å²) >= 11 is 0. The van der Waals surface area contributed by atoms with E-state index in [1.54, 1.807) is 29.2 Å². The number of anilines is 2. The molecule has 1 heterocycles. The Morgan fingerprint density at radius 2 is 1.94 bits per heavy atom. The van der Waals surface area contributed by atoms with E-state index in [0.29, 0.717) is 17.9 Å². The largest absolute Gasteiger partial charge is 0.397 e. The number of nitrogens with zero attached hydrogens (tertiary/aromatic N) is 1. The number of hydrogen-bond acceptors (Lipinski definition) is 2. The predicted molar refractivity (Wildman–Crippen MR) is 57.2 cm³/mol. The van der Waals surface area contributed by atoms with Crippen LogP contribution >= 0.6 is 0 Å². The van der Waals surface area contributed by atoms with E-state index in [2.05, 4.69) is 0 Å². The molecule has 88 valence electrons. The Labute approximate surface area is 91.8 Å². The summed E-state index contributed by atoms with van der Waals surface area (Å²) < 4.78 is 37.5. The zero-order chi connectivity index (χ0) is 11.8. The van der Waals surface area contributed by atoms with E-state index >= 15 is 0 Å². The molecule has 2 nitrogen and oxygen atoms in total. The number of nitrogen functional groups attached to an aromatic ring is 1. The van der Waals surface area contributed by atoms with Gasteiger partial charge in [-0.15, -0.1) is 0 Å². The van der Waals surface area contributed by atoms with Crippen LogP contribution in [-0.2, 0) is 0 Å². The van der Waals surface area contributed by atoms with Crippen molar-refractivity contribution in [3.63, 3.8) is 0 Å². The zero-order valence-corrected chi connectivity index (χ0v) is 8.67. The number of nitrogens with two attached hydrogens (primary N) is 1. The maximum Gasteiger partial charge on any atom is 0.393 e. The average molecular weight is 230 g/mol. The SMILES string of the molecule is Nc1ccccc1N1CCC(C(F)(F)F)C1. The quantitative estimate of drug-likeness (QED) is 0.751. The molecule has 1 aromatic rings. The Kier molecular flexibility index (Phi) is 2.69. The van der Waals surface area contributed by atoms with Crippen LogP contribution in [0, 0.1) is 5.92 Å². The third-order valence-electron chi connectivity index (χ3n) is 2.93. The first-order valence-corrected chi connectivity index (χ1v) is 5.14. The molecule has 1 aliphatic rings. The van der Waals surface area contributed by atoms with Gasteiger partial charge in [0.1, 0.15) is 0 Å². The van der Waals surface area contributed by atoms with Crippen molar-refractivity contribution in [3.8, 4) is 0 Å². The second-order valence-electron chi connectivity index (χ2n) is 4.03. The van der Waals surface area contributed by atoms with E-state index in [-0.39, 0.29) is 13.0 Å². The number of para-hydroxylation sites is 2. The minimum absolute atomic E-state index is 0.0116. The molecule has 0 spiro atoms. The molecule has 2 N–H and O–H groups in total. The van der Waals surface area contributed by atoms with Gasteiger partial charge >= 0.3 is 6.18 Å². The maximum atomic E-state index is 12.5. The fraction of sp³-hybridized carbons (Fsp3) is 0.455. The molecule has 2 rings (SSSR count). The summed E-state index contributed by atoms with van der Waals surface area (Å²) in [6.07, 6.45) is -3.95. The van der Waals surface area contributed by atoms with Crippen LogP contribution in [0.2, 0.25) is 0 Å². The molecule has 1 unspecified atom stereocenters. The van der Waals surface area contributed by atoms with Gasteiger partial charge in [0.15, 0.2) is 0 Å². The van der Waals surface area contributed by atoms with Crippen molar-refractivity contribution in [1.29, 1.82) is 0 Å². The molecule has 0 bridgehead atoms. The van der Waals surface area contributed by atoms with Crippen LogP contribution in [0.3, 0.4) is 0 Å². The second-order valence-corrected chi connectivity index (χ2v) is 4.03. The van der Waals surface area contributed by atoms with E-state index in [4.69, 9.17) is 5.73 Å². The van der Waals surface area contributed by atoms with Crippen LogP contribution < -0.4 is 10.6 Å². The molecule has 16 heavy (non-hydrogen) atoms. The number of benzene rings is 1. The molecule has 1 aliphatic heterocycles. The number of rotatable bonds is 1. The van der Waals surface area contributed by atoms with E-state index < -0.39 is 12.1 Å².